The number of rotatable bonds is 9. The predicted octanol–water partition coefficient (Wildman–Crippen LogP) is 3.37. The van der Waals surface area contributed by atoms with Crippen molar-refractivity contribution < 1.29 is 18.4 Å². The summed E-state index contributed by atoms with van der Waals surface area (Å²) in [7, 11) is 0. The molecule has 0 aliphatic carbocycles. The second kappa shape index (κ2) is 9.43. The summed E-state index contributed by atoms with van der Waals surface area (Å²) < 4.78 is 10.4. The van der Waals surface area contributed by atoms with Crippen LogP contribution < -0.4 is 10.6 Å². The Kier molecular flexibility index (Phi) is 6.46. The monoisotopic (exact) mass is 366 g/mol. The largest absolute Gasteiger partial charge is 0.467 e. The molecule has 0 radical (unpaired) electrons. The average molecular weight is 366 g/mol. The van der Waals surface area contributed by atoms with Gasteiger partial charge in [0.05, 0.1) is 25.6 Å². The fraction of sp³-hybridized carbons (Fsp3) is 0.238. The molecule has 2 aromatic heterocycles. The van der Waals surface area contributed by atoms with Crippen LogP contribution in [0.5, 0.6) is 0 Å². The lowest BCUT2D eigenvalue weighted by molar-refractivity contribution is -0.123. The first kappa shape index (κ1) is 18.5. The van der Waals surface area contributed by atoms with Gasteiger partial charge >= 0.3 is 0 Å². The molecule has 3 aromatic rings. The van der Waals surface area contributed by atoms with E-state index in [9.17, 15) is 9.59 Å². The van der Waals surface area contributed by atoms with Crippen LogP contribution in [0.25, 0.3) is 0 Å². The van der Waals surface area contributed by atoms with Gasteiger partial charge in [-0.1, -0.05) is 30.3 Å². The molecule has 0 saturated heterocycles. The van der Waals surface area contributed by atoms with Gasteiger partial charge < -0.3 is 19.5 Å². The smallest absolute Gasteiger partial charge is 0.221 e. The zero-order valence-electron chi connectivity index (χ0n) is 14.9. The second-order valence-electron chi connectivity index (χ2n) is 6.23. The number of hydrogen-bond acceptors (Lipinski definition) is 4. The molecule has 3 rings (SSSR count). The zero-order chi connectivity index (χ0) is 18.9. The summed E-state index contributed by atoms with van der Waals surface area (Å²) in [5.41, 5.74) is 0.957. The maximum Gasteiger partial charge on any atom is 0.221 e. The van der Waals surface area contributed by atoms with Gasteiger partial charge in [-0.15, -0.1) is 0 Å². The maximum absolute atomic E-state index is 12.3. The first-order chi connectivity index (χ1) is 13.2. The van der Waals surface area contributed by atoms with Gasteiger partial charge in [-0.3, -0.25) is 9.59 Å². The first-order valence-corrected chi connectivity index (χ1v) is 8.84. The molecule has 0 aliphatic rings. The van der Waals surface area contributed by atoms with Crippen molar-refractivity contribution in [3.63, 3.8) is 0 Å². The lowest BCUT2D eigenvalue weighted by Gasteiger charge is -2.17. The highest BCUT2D eigenvalue weighted by atomic mass is 16.3. The van der Waals surface area contributed by atoms with Crippen molar-refractivity contribution in [2.24, 2.45) is 0 Å². The van der Waals surface area contributed by atoms with Gasteiger partial charge in [0, 0.05) is 18.8 Å². The van der Waals surface area contributed by atoms with E-state index in [0.717, 1.165) is 5.56 Å². The molecule has 140 valence electrons. The quantitative estimate of drug-likeness (QED) is 0.608. The van der Waals surface area contributed by atoms with Crippen LogP contribution in [-0.4, -0.2) is 11.8 Å². The minimum Gasteiger partial charge on any atom is -0.467 e. The molecule has 2 amide bonds. The molecular formula is C21H22N2O4. The lowest BCUT2D eigenvalue weighted by Crippen LogP contribution is -2.28. The Morgan fingerprint density at radius 2 is 1.26 bits per heavy atom. The Hall–Kier alpha value is -3.28. The highest BCUT2D eigenvalue weighted by Crippen LogP contribution is 2.23. The van der Waals surface area contributed by atoms with Crippen molar-refractivity contribution in [3.8, 4) is 0 Å². The molecule has 0 aliphatic heterocycles. The summed E-state index contributed by atoms with van der Waals surface area (Å²) in [4.78, 5) is 24.7. The molecule has 0 saturated carbocycles. The second-order valence-corrected chi connectivity index (χ2v) is 6.23. The van der Waals surface area contributed by atoms with Crippen LogP contribution in [0, 0.1) is 0 Å². The van der Waals surface area contributed by atoms with E-state index in [0.29, 0.717) is 24.6 Å². The maximum atomic E-state index is 12.3. The van der Waals surface area contributed by atoms with E-state index >= 15 is 0 Å². The molecule has 2 heterocycles. The van der Waals surface area contributed by atoms with Crippen LogP contribution in [0.2, 0.25) is 0 Å². The van der Waals surface area contributed by atoms with Crippen molar-refractivity contribution >= 4 is 11.8 Å². The number of benzene rings is 1. The summed E-state index contributed by atoms with van der Waals surface area (Å²) in [6.45, 7) is 0.663. The fourth-order valence-corrected chi connectivity index (χ4v) is 2.82. The highest BCUT2D eigenvalue weighted by Gasteiger charge is 2.20. The summed E-state index contributed by atoms with van der Waals surface area (Å²) in [6, 6.07) is 16.8. The molecule has 6 nitrogen and oxygen atoms in total. The van der Waals surface area contributed by atoms with Crippen LogP contribution in [0.4, 0.5) is 0 Å². The van der Waals surface area contributed by atoms with E-state index in [4.69, 9.17) is 8.83 Å². The van der Waals surface area contributed by atoms with Gasteiger partial charge in [-0.25, -0.2) is 0 Å². The third kappa shape index (κ3) is 5.88. The number of carbonyl (C=O) groups is 2. The molecule has 0 atom stereocenters. The SMILES string of the molecule is O=C(CC(CC(=O)NCc1ccco1)c1ccccc1)NCc1ccco1. The third-order valence-electron chi connectivity index (χ3n) is 4.21. The standard InChI is InChI=1S/C21H22N2O4/c24-20(22-14-18-8-4-10-26-18)12-17(16-6-2-1-3-7-16)13-21(25)23-15-19-9-5-11-27-19/h1-11,17H,12-15H2,(H,22,24)(H,23,25). The minimum absolute atomic E-state index is 0.126. The van der Waals surface area contributed by atoms with Gasteiger partial charge in [0.2, 0.25) is 11.8 Å². The fourth-order valence-electron chi connectivity index (χ4n) is 2.82. The molecule has 0 bridgehead atoms. The Bertz CT molecular complexity index is 774. The lowest BCUT2D eigenvalue weighted by atomic mass is 9.92. The van der Waals surface area contributed by atoms with Gasteiger partial charge in [0.1, 0.15) is 11.5 Å². The van der Waals surface area contributed by atoms with Crippen LogP contribution in [0.15, 0.2) is 76.0 Å². The molecule has 1 aromatic carbocycles. The van der Waals surface area contributed by atoms with Crippen molar-refractivity contribution in [3.05, 3.63) is 84.2 Å². The van der Waals surface area contributed by atoms with Crippen LogP contribution in [0.3, 0.4) is 0 Å². The van der Waals surface area contributed by atoms with Crippen LogP contribution >= 0.6 is 0 Å². The van der Waals surface area contributed by atoms with E-state index in [1.165, 1.54) is 0 Å². The molecule has 2 N–H and O–H groups in total. The molecule has 0 unspecified atom stereocenters. The third-order valence-corrected chi connectivity index (χ3v) is 4.21. The van der Waals surface area contributed by atoms with Gasteiger partial charge in [0.25, 0.3) is 0 Å². The van der Waals surface area contributed by atoms with Crippen molar-refractivity contribution in [1.29, 1.82) is 0 Å². The van der Waals surface area contributed by atoms with Gasteiger partial charge in [-0.05, 0) is 29.8 Å². The Balaban J connectivity index is 1.56. The van der Waals surface area contributed by atoms with Crippen molar-refractivity contribution in [2.75, 3.05) is 0 Å². The summed E-state index contributed by atoms with van der Waals surface area (Å²) in [6.07, 6.45) is 3.58. The van der Waals surface area contributed by atoms with Crippen molar-refractivity contribution in [2.45, 2.75) is 31.8 Å². The van der Waals surface area contributed by atoms with E-state index < -0.39 is 0 Å². The van der Waals surface area contributed by atoms with E-state index in [1.54, 1.807) is 36.8 Å². The van der Waals surface area contributed by atoms with Gasteiger partial charge in [0.15, 0.2) is 0 Å². The van der Waals surface area contributed by atoms with E-state index in [-0.39, 0.29) is 30.6 Å². The zero-order valence-corrected chi connectivity index (χ0v) is 14.9. The number of nitrogens with one attached hydrogen (secondary N) is 2. The highest BCUT2D eigenvalue weighted by molar-refractivity contribution is 5.80. The molecule has 0 spiro atoms. The number of carbonyl (C=O) groups excluding carboxylic acids is 2. The topological polar surface area (TPSA) is 84.5 Å². The number of amides is 2. The van der Waals surface area contributed by atoms with E-state index in [1.807, 2.05) is 30.3 Å². The average Bonchev–Trinajstić information content (AvgIpc) is 3.39. The van der Waals surface area contributed by atoms with Gasteiger partial charge in [-0.2, -0.15) is 0 Å². The van der Waals surface area contributed by atoms with Crippen LogP contribution in [0.1, 0.15) is 35.8 Å². The molecule has 27 heavy (non-hydrogen) atoms. The van der Waals surface area contributed by atoms with Crippen molar-refractivity contribution in [1.82, 2.24) is 10.6 Å². The predicted molar refractivity (Wildman–Crippen MR) is 99.5 cm³/mol. The summed E-state index contributed by atoms with van der Waals surface area (Å²) in [5.74, 6) is 0.921. The molecule has 6 heteroatoms. The number of furan rings is 2. The normalized spacial score (nSPS) is 10.7. The first-order valence-electron chi connectivity index (χ1n) is 8.84. The Morgan fingerprint density at radius 1 is 0.741 bits per heavy atom. The van der Waals surface area contributed by atoms with E-state index in [2.05, 4.69) is 10.6 Å². The molecule has 0 fully saturated rings. The Labute approximate surface area is 157 Å². The minimum atomic E-state index is -0.209. The van der Waals surface area contributed by atoms with Crippen LogP contribution in [-0.2, 0) is 22.7 Å². The summed E-state index contributed by atoms with van der Waals surface area (Å²) in [5, 5.41) is 5.67. The summed E-state index contributed by atoms with van der Waals surface area (Å²) >= 11 is 0. The number of hydrogen-bond donors (Lipinski definition) is 2. The Morgan fingerprint density at radius 3 is 1.70 bits per heavy atom. The molecular weight excluding hydrogens is 344 g/mol.